The molecule has 1 heterocycles. The van der Waals surface area contributed by atoms with Crippen LogP contribution in [0.1, 0.15) is 74.4 Å². The zero-order valence-electron chi connectivity index (χ0n) is 22.4. The number of nitrogens with zero attached hydrogens (tertiary/aromatic N) is 2. The molecule has 0 atom stereocenters. The van der Waals surface area contributed by atoms with E-state index >= 15 is 0 Å². The molecule has 1 saturated heterocycles. The van der Waals surface area contributed by atoms with Crippen LogP contribution in [0.15, 0.2) is 48.5 Å². The van der Waals surface area contributed by atoms with Crippen molar-refractivity contribution in [2.24, 2.45) is 11.3 Å². The molecule has 2 N–H and O–H groups in total. The molecule has 2 aliphatic rings. The largest absolute Gasteiger partial charge is 0.481 e. The molecule has 198 valence electrons. The number of carbonyl (C=O) groups is 3. The van der Waals surface area contributed by atoms with Crippen LogP contribution in [0.25, 0.3) is 0 Å². The maximum Gasteiger partial charge on any atom is 0.325 e. The number of benzene rings is 2. The summed E-state index contributed by atoms with van der Waals surface area (Å²) in [6.45, 7) is 10.2. The van der Waals surface area contributed by atoms with Crippen molar-refractivity contribution in [2.75, 3.05) is 18.0 Å². The standard InChI is InChI=1S/C30H39N3O4/c1-21-5-11-25(12-6-21)32-20-30(16-13-24(14-17-30)29(2,3)4)33(28(32)37)19-22-7-9-23(10-8-22)27(36)31-18-15-26(34)35/h5-12,24H,13-20H2,1-4H3,(H,31,36)(H,34,35). The van der Waals surface area contributed by atoms with Crippen LogP contribution in [-0.4, -0.2) is 46.5 Å². The number of anilines is 1. The van der Waals surface area contributed by atoms with Gasteiger partial charge >= 0.3 is 12.0 Å². The maximum absolute atomic E-state index is 13.8. The Labute approximate surface area is 219 Å². The van der Waals surface area contributed by atoms with Crippen LogP contribution >= 0.6 is 0 Å². The van der Waals surface area contributed by atoms with Crippen molar-refractivity contribution in [1.82, 2.24) is 10.2 Å². The smallest absolute Gasteiger partial charge is 0.325 e. The lowest BCUT2D eigenvalue weighted by molar-refractivity contribution is -0.136. The minimum Gasteiger partial charge on any atom is -0.481 e. The molecule has 7 heteroatoms. The molecule has 4 rings (SSSR count). The highest BCUT2D eigenvalue weighted by Crippen LogP contribution is 2.47. The van der Waals surface area contributed by atoms with Crippen molar-refractivity contribution in [3.8, 4) is 0 Å². The number of carbonyl (C=O) groups excluding carboxylic acids is 2. The van der Waals surface area contributed by atoms with E-state index in [1.54, 1.807) is 12.1 Å². The van der Waals surface area contributed by atoms with Gasteiger partial charge in [-0.25, -0.2) is 4.79 Å². The van der Waals surface area contributed by atoms with Crippen molar-refractivity contribution in [3.05, 3.63) is 65.2 Å². The first-order chi connectivity index (χ1) is 17.5. The van der Waals surface area contributed by atoms with E-state index in [2.05, 4.69) is 43.1 Å². The molecule has 0 bridgehead atoms. The molecule has 2 aromatic carbocycles. The highest BCUT2D eigenvalue weighted by molar-refractivity contribution is 5.96. The number of nitrogens with one attached hydrogen (secondary N) is 1. The van der Waals surface area contributed by atoms with Gasteiger partial charge in [-0.3, -0.25) is 14.5 Å². The first-order valence-electron chi connectivity index (χ1n) is 13.2. The number of aryl methyl sites for hydroxylation is 1. The second kappa shape index (κ2) is 10.6. The second-order valence-electron chi connectivity index (χ2n) is 11.8. The molecule has 1 spiro atoms. The van der Waals surface area contributed by atoms with Crippen molar-refractivity contribution in [3.63, 3.8) is 0 Å². The fourth-order valence-corrected chi connectivity index (χ4v) is 5.74. The average molecular weight is 506 g/mol. The predicted molar refractivity (Wildman–Crippen MR) is 145 cm³/mol. The zero-order valence-corrected chi connectivity index (χ0v) is 22.4. The number of hydrogen-bond acceptors (Lipinski definition) is 3. The van der Waals surface area contributed by atoms with Gasteiger partial charge in [-0.2, -0.15) is 0 Å². The van der Waals surface area contributed by atoms with E-state index in [1.165, 1.54) is 5.56 Å². The highest BCUT2D eigenvalue weighted by atomic mass is 16.4. The molecule has 1 saturated carbocycles. The van der Waals surface area contributed by atoms with Gasteiger partial charge in [-0.05, 0) is 73.8 Å². The third-order valence-corrected chi connectivity index (χ3v) is 8.15. The van der Waals surface area contributed by atoms with Gasteiger partial charge in [0.15, 0.2) is 0 Å². The molecule has 1 aliphatic heterocycles. The average Bonchev–Trinajstić information content (AvgIpc) is 3.10. The molecule has 7 nitrogen and oxygen atoms in total. The summed E-state index contributed by atoms with van der Waals surface area (Å²) in [5.41, 5.74) is 3.59. The Morgan fingerprint density at radius 2 is 1.65 bits per heavy atom. The van der Waals surface area contributed by atoms with Gasteiger partial charge in [0.2, 0.25) is 0 Å². The first-order valence-corrected chi connectivity index (χ1v) is 13.2. The van der Waals surface area contributed by atoms with E-state index in [4.69, 9.17) is 5.11 Å². The number of aliphatic carboxylic acids is 1. The Morgan fingerprint density at radius 3 is 2.22 bits per heavy atom. The van der Waals surface area contributed by atoms with Crippen molar-refractivity contribution in [1.29, 1.82) is 0 Å². The third-order valence-electron chi connectivity index (χ3n) is 8.15. The molecule has 2 fully saturated rings. The fourth-order valence-electron chi connectivity index (χ4n) is 5.74. The Kier molecular flexibility index (Phi) is 7.62. The highest BCUT2D eigenvalue weighted by Gasteiger charge is 2.52. The molecular weight excluding hydrogens is 466 g/mol. The van der Waals surface area contributed by atoms with Crippen LogP contribution in [0.5, 0.6) is 0 Å². The van der Waals surface area contributed by atoms with Gasteiger partial charge in [0.1, 0.15) is 0 Å². The Bertz CT molecular complexity index is 1130. The van der Waals surface area contributed by atoms with E-state index in [0.717, 1.165) is 36.9 Å². The third kappa shape index (κ3) is 5.97. The minimum atomic E-state index is -0.948. The second-order valence-corrected chi connectivity index (χ2v) is 11.8. The number of hydrogen-bond donors (Lipinski definition) is 2. The van der Waals surface area contributed by atoms with E-state index in [9.17, 15) is 14.4 Å². The van der Waals surface area contributed by atoms with Crippen LogP contribution in [-0.2, 0) is 11.3 Å². The summed E-state index contributed by atoms with van der Waals surface area (Å²) >= 11 is 0. The van der Waals surface area contributed by atoms with Crippen molar-refractivity contribution >= 4 is 23.6 Å². The van der Waals surface area contributed by atoms with Gasteiger partial charge in [0.25, 0.3) is 5.91 Å². The van der Waals surface area contributed by atoms with Crippen LogP contribution in [0.4, 0.5) is 10.5 Å². The monoisotopic (exact) mass is 505 g/mol. The van der Waals surface area contributed by atoms with Crippen LogP contribution in [0, 0.1) is 18.3 Å². The Morgan fingerprint density at radius 1 is 1.03 bits per heavy atom. The molecule has 0 aromatic heterocycles. The molecule has 0 radical (unpaired) electrons. The molecule has 3 amide bonds. The van der Waals surface area contributed by atoms with E-state index < -0.39 is 5.97 Å². The van der Waals surface area contributed by atoms with Gasteiger partial charge in [-0.15, -0.1) is 0 Å². The molecule has 0 unspecified atom stereocenters. The van der Waals surface area contributed by atoms with E-state index in [0.29, 0.717) is 24.6 Å². The van der Waals surface area contributed by atoms with Crippen LogP contribution in [0.3, 0.4) is 0 Å². The lowest BCUT2D eigenvalue weighted by atomic mass is 9.67. The number of urea groups is 1. The zero-order chi connectivity index (χ0) is 26.8. The Balaban J connectivity index is 1.53. The maximum atomic E-state index is 13.8. The van der Waals surface area contributed by atoms with Gasteiger partial charge < -0.3 is 15.3 Å². The van der Waals surface area contributed by atoms with Crippen LogP contribution in [0.2, 0.25) is 0 Å². The van der Waals surface area contributed by atoms with Gasteiger partial charge in [-0.1, -0.05) is 50.6 Å². The summed E-state index contributed by atoms with van der Waals surface area (Å²) in [7, 11) is 0. The number of carboxylic acids is 1. The van der Waals surface area contributed by atoms with Gasteiger partial charge in [0, 0.05) is 24.3 Å². The lowest BCUT2D eigenvalue weighted by Gasteiger charge is -2.45. The summed E-state index contributed by atoms with van der Waals surface area (Å²) in [5.74, 6) is -0.605. The summed E-state index contributed by atoms with van der Waals surface area (Å²) in [4.78, 5) is 40.9. The Hall–Kier alpha value is -3.35. The first kappa shape index (κ1) is 26.7. The fraction of sp³-hybridized carbons (Fsp3) is 0.500. The predicted octanol–water partition coefficient (Wildman–Crippen LogP) is 5.62. The summed E-state index contributed by atoms with van der Waals surface area (Å²) in [5, 5.41) is 11.4. The number of amides is 3. The molecule has 1 aliphatic carbocycles. The topological polar surface area (TPSA) is 89.9 Å². The van der Waals surface area contributed by atoms with Gasteiger partial charge in [0.05, 0.1) is 18.5 Å². The van der Waals surface area contributed by atoms with E-state index in [1.807, 2.05) is 36.1 Å². The number of carboxylic acid groups (broad SMARTS) is 1. The van der Waals surface area contributed by atoms with Crippen molar-refractivity contribution < 1.29 is 19.5 Å². The lowest BCUT2D eigenvalue weighted by Crippen LogP contribution is -2.50. The summed E-state index contributed by atoms with van der Waals surface area (Å²) in [6.07, 6.45) is 4.05. The quantitative estimate of drug-likeness (QED) is 0.511. The van der Waals surface area contributed by atoms with Crippen molar-refractivity contribution in [2.45, 2.75) is 71.9 Å². The van der Waals surface area contributed by atoms with Crippen LogP contribution < -0.4 is 10.2 Å². The molecule has 37 heavy (non-hydrogen) atoms. The number of rotatable bonds is 7. The minimum absolute atomic E-state index is 0.0357. The summed E-state index contributed by atoms with van der Waals surface area (Å²) < 4.78 is 0. The van der Waals surface area contributed by atoms with E-state index in [-0.39, 0.29) is 35.9 Å². The normalized spacial score (nSPS) is 21.9. The SMILES string of the molecule is Cc1ccc(N2CC3(CCC(C(C)(C)C)CC3)N(Cc3ccc(C(=O)NCCC(=O)O)cc3)C2=O)cc1. The summed E-state index contributed by atoms with van der Waals surface area (Å²) in [6, 6.07) is 15.5. The molecule has 2 aromatic rings. The molecular formula is C30H39N3O4.